The molecule has 1 heterocycles. The molecule has 15 heavy (non-hydrogen) atoms. The van der Waals surface area contributed by atoms with Gasteiger partial charge in [0.1, 0.15) is 0 Å². The first-order chi connectivity index (χ1) is 6.99. The van der Waals surface area contributed by atoms with Crippen LogP contribution in [0.1, 0.15) is 39.5 Å². The predicted octanol–water partition coefficient (Wildman–Crippen LogP) is 2.13. The van der Waals surface area contributed by atoms with Crippen LogP contribution < -0.4 is 0 Å². The fraction of sp³-hybridized carbons (Fsp3) is 0.909. The summed E-state index contributed by atoms with van der Waals surface area (Å²) in [6, 6.07) is 0. The van der Waals surface area contributed by atoms with Gasteiger partial charge in [0.2, 0.25) is 0 Å². The van der Waals surface area contributed by atoms with Crippen molar-refractivity contribution in [1.82, 2.24) is 0 Å². The van der Waals surface area contributed by atoms with E-state index in [0.717, 1.165) is 12.8 Å². The summed E-state index contributed by atoms with van der Waals surface area (Å²) in [7, 11) is 0. The topological polar surface area (TPSA) is 57.5 Å². The second kappa shape index (κ2) is 5.21. The maximum atomic E-state index is 11.1. The number of aliphatic hydroxyl groups is 1. The Morgan fingerprint density at radius 2 is 2.33 bits per heavy atom. The normalized spacial score (nSPS) is 32.9. The van der Waals surface area contributed by atoms with Crippen molar-refractivity contribution >= 4 is 17.7 Å². The molecule has 0 aromatic carbocycles. The number of carboxylic acid groups (broad SMARTS) is 1. The summed E-state index contributed by atoms with van der Waals surface area (Å²) in [6.45, 7) is 4.08. The number of unbranched alkanes of at least 4 members (excludes halogenated alkanes) is 1. The van der Waals surface area contributed by atoms with E-state index >= 15 is 0 Å². The van der Waals surface area contributed by atoms with Gasteiger partial charge in [0, 0.05) is 11.0 Å². The zero-order valence-electron chi connectivity index (χ0n) is 9.40. The fourth-order valence-corrected chi connectivity index (χ4v) is 3.47. The molecule has 1 rings (SSSR count). The lowest BCUT2D eigenvalue weighted by molar-refractivity contribution is -0.151. The lowest BCUT2D eigenvalue weighted by atomic mass is 9.82. The summed E-state index contributed by atoms with van der Waals surface area (Å²) in [4.78, 5) is 11.1. The van der Waals surface area contributed by atoms with Gasteiger partial charge in [-0.25, -0.2) is 0 Å². The van der Waals surface area contributed by atoms with Gasteiger partial charge in [-0.1, -0.05) is 26.7 Å². The van der Waals surface area contributed by atoms with Gasteiger partial charge in [0.15, 0.2) is 0 Å². The third-order valence-corrected chi connectivity index (χ3v) is 4.45. The fourth-order valence-electron chi connectivity index (χ4n) is 2.18. The van der Waals surface area contributed by atoms with Crippen LogP contribution >= 0.6 is 11.8 Å². The van der Waals surface area contributed by atoms with Crippen molar-refractivity contribution in [2.45, 2.75) is 50.4 Å². The van der Waals surface area contributed by atoms with Crippen LogP contribution in [0, 0.1) is 5.92 Å². The van der Waals surface area contributed by atoms with Crippen molar-refractivity contribution in [3.63, 3.8) is 0 Å². The lowest BCUT2D eigenvalue weighted by Gasteiger charge is -2.29. The minimum atomic E-state index is -0.981. The van der Waals surface area contributed by atoms with Gasteiger partial charge >= 0.3 is 5.97 Å². The van der Waals surface area contributed by atoms with E-state index in [1.165, 1.54) is 0 Å². The van der Waals surface area contributed by atoms with Crippen LogP contribution in [-0.4, -0.2) is 32.8 Å². The monoisotopic (exact) mass is 232 g/mol. The zero-order chi connectivity index (χ0) is 11.5. The highest BCUT2D eigenvalue weighted by Gasteiger charge is 2.45. The molecule has 0 aromatic heterocycles. The summed E-state index contributed by atoms with van der Waals surface area (Å²) in [5.41, 5.74) is -0.981. The standard InChI is InChI=1S/C11H20O3S/c1-3-4-5-9(10(12)13)11(14)6-8(2)15-7-11/h8-9,14H,3-7H2,1-2H3,(H,12,13). The Balaban J connectivity index is 2.66. The van der Waals surface area contributed by atoms with Crippen LogP contribution in [0.5, 0.6) is 0 Å². The van der Waals surface area contributed by atoms with Gasteiger partial charge in [0.05, 0.1) is 11.5 Å². The third kappa shape index (κ3) is 3.11. The zero-order valence-corrected chi connectivity index (χ0v) is 10.2. The van der Waals surface area contributed by atoms with E-state index in [2.05, 4.69) is 0 Å². The molecule has 1 aliphatic rings. The molecule has 3 unspecified atom stereocenters. The Kier molecular flexibility index (Phi) is 4.46. The quantitative estimate of drug-likeness (QED) is 0.762. The summed E-state index contributed by atoms with van der Waals surface area (Å²) >= 11 is 1.67. The Hall–Kier alpha value is -0.220. The number of carbonyl (C=O) groups is 1. The molecule has 0 bridgehead atoms. The van der Waals surface area contributed by atoms with Crippen molar-refractivity contribution in [1.29, 1.82) is 0 Å². The van der Waals surface area contributed by atoms with Gasteiger partial charge in [-0.2, -0.15) is 11.8 Å². The molecule has 0 aromatic rings. The van der Waals surface area contributed by atoms with E-state index in [4.69, 9.17) is 5.11 Å². The molecule has 3 atom stereocenters. The van der Waals surface area contributed by atoms with E-state index in [0.29, 0.717) is 23.8 Å². The van der Waals surface area contributed by atoms with E-state index in [1.54, 1.807) is 11.8 Å². The largest absolute Gasteiger partial charge is 0.481 e. The van der Waals surface area contributed by atoms with Gasteiger partial charge in [-0.15, -0.1) is 0 Å². The number of carboxylic acids is 1. The Labute approximate surface area is 95.3 Å². The number of hydrogen-bond acceptors (Lipinski definition) is 3. The van der Waals surface area contributed by atoms with Crippen LogP contribution in [0.25, 0.3) is 0 Å². The molecule has 0 amide bonds. The summed E-state index contributed by atoms with van der Waals surface area (Å²) < 4.78 is 0. The number of aliphatic carboxylic acids is 1. The average Bonchev–Trinajstić information content (AvgIpc) is 2.47. The Bertz CT molecular complexity index is 232. The molecule has 3 nitrogen and oxygen atoms in total. The molecule has 1 fully saturated rings. The predicted molar refractivity (Wildman–Crippen MR) is 62.1 cm³/mol. The van der Waals surface area contributed by atoms with Crippen molar-refractivity contribution in [3.05, 3.63) is 0 Å². The van der Waals surface area contributed by atoms with Gasteiger partial charge in [0.25, 0.3) is 0 Å². The lowest BCUT2D eigenvalue weighted by Crippen LogP contribution is -2.42. The molecule has 4 heteroatoms. The molecule has 1 saturated heterocycles. The molecule has 0 spiro atoms. The molecule has 0 radical (unpaired) electrons. The minimum Gasteiger partial charge on any atom is -0.481 e. The van der Waals surface area contributed by atoms with Crippen LogP contribution in [-0.2, 0) is 4.79 Å². The Morgan fingerprint density at radius 1 is 1.67 bits per heavy atom. The first-order valence-corrected chi connectivity index (χ1v) is 6.61. The molecular formula is C11H20O3S. The molecule has 1 aliphatic heterocycles. The van der Waals surface area contributed by atoms with Crippen LogP contribution in [0.2, 0.25) is 0 Å². The second-order valence-electron chi connectivity index (χ2n) is 4.46. The molecule has 2 N–H and O–H groups in total. The van der Waals surface area contributed by atoms with E-state index in [9.17, 15) is 9.90 Å². The van der Waals surface area contributed by atoms with Crippen LogP contribution in [0.3, 0.4) is 0 Å². The first-order valence-electron chi connectivity index (χ1n) is 5.56. The highest BCUT2D eigenvalue weighted by atomic mass is 32.2. The van der Waals surface area contributed by atoms with Gasteiger partial charge < -0.3 is 10.2 Å². The van der Waals surface area contributed by atoms with Crippen LogP contribution in [0.4, 0.5) is 0 Å². The van der Waals surface area contributed by atoms with Crippen molar-refractivity contribution < 1.29 is 15.0 Å². The Morgan fingerprint density at radius 3 is 2.73 bits per heavy atom. The number of hydrogen-bond donors (Lipinski definition) is 2. The van der Waals surface area contributed by atoms with Gasteiger partial charge in [-0.3, -0.25) is 4.79 Å². The number of thioether (sulfide) groups is 1. The van der Waals surface area contributed by atoms with Crippen molar-refractivity contribution in [3.8, 4) is 0 Å². The van der Waals surface area contributed by atoms with Crippen molar-refractivity contribution in [2.75, 3.05) is 5.75 Å². The smallest absolute Gasteiger partial charge is 0.309 e. The molecule has 0 saturated carbocycles. The van der Waals surface area contributed by atoms with Gasteiger partial charge in [-0.05, 0) is 12.8 Å². The first kappa shape index (κ1) is 12.8. The summed E-state index contributed by atoms with van der Waals surface area (Å²) in [6.07, 6.45) is 3.05. The minimum absolute atomic E-state index is 0.374. The van der Waals surface area contributed by atoms with E-state index in [-0.39, 0.29) is 0 Å². The third-order valence-electron chi connectivity index (χ3n) is 3.05. The second-order valence-corrected chi connectivity index (χ2v) is 5.89. The van der Waals surface area contributed by atoms with E-state index < -0.39 is 17.5 Å². The summed E-state index contributed by atoms with van der Waals surface area (Å²) in [5.74, 6) is -0.870. The average molecular weight is 232 g/mol. The highest BCUT2D eigenvalue weighted by molar-refractivity contribution is 8.00. The maximum absolute atomic E-state index is 11.1. The van der Waals surface area contributed by atoms with Crippen molar-refractivity contribution in [2.24, 2.45) is 5.92 Å². The highest BCUT2D eigenvalue weighted by Crippen LogP contribution is 2.40. The van der Waals surface area contributed by atoms with Crippen LogP contribution in [0.15, 0.2) is 0 Å². The molecule has 0 aliphatic carbocycles. The molecular weight excluding hydrogens is 212 g/mol. The maximum Gasteiger partial charge on any atom is 0.309 e. The SMILES string of the molecule is CCCCC(C(=O)O)C1(O)CSC(C)C1. The summed E-state index contributed by atoms with van der Waals surface area (Å²) in [5, 5.41) is 19.8. The number of rotatable bonds is 5. The van der Waals surface area contributed by atoms with E-state index in [1.807, 2.05) is 13.8 Å². The molecule has 88 valence electrons.